The van der Waals surface area contributed by atoms with Gasteiger partial charge in [-0.2, -0.15) is 5.10 Å². The zero-order valence-corrected chi connectivity index (χ0v) is 19.5. The number of carbonyl (C=O) groups excluding carboxylic acids is 1. The smallest absolute Gasteiger partial charge is 0.317 e. The highest BCUT2D eigenvalue weighted by atomic mass is 19.1. The van der Waals surface area contributed by atoms with Gasteiger partial charge in [0.25, 0.3) is 0 Å². The maximum absolute atomic E-state index is 14.3. The lowest BCUT2D eigenvalue weighted by molar-refractivity contribution is 0.187. The van der Waals surface area contributed by atoms with Crippen LogP contribution >= 0.6 is 0 Å². The highest BCUT2D eigenvalue weighted by molar-refractivity contribution is 5.76. The Kier molecular flexibility index (Phi) is 6.19. The number of ether oxygens (including phenoxy) is 1. The number of hydrogen-bond donors (Lipinski definition) is 2. The van der Waals surface area contributed by atoms with Crippen molar-refractivity contribution in [2.75, 3.05) is 26.7 Å². The van der Waals surface area contributed by atoms with Gasteiger partial charge in [0.1, 0.15) is 11.6 Å². The van der Waals surface area contributed by atoms with E-state index in [4.69, 9.17) is 4.74 Å². The van der Waals surface area contributed by atoms with Gasteiger partial charge in [-0.1, -0.05) is 6.07 Å². The Morgan fingerprint density at radius 3 is 3.03 bits per heavy atom. The second kappa shape index (κ2) is 9.42. The molecule has 0 unspecified atom stereocenters. The normalized spacial score (nSPS) is 18.1. The maximum Gasteiger partial charge on any atom is 0.317 e. The fourth-order valence-electron chi connectivity index (χ4n) is 4.87. The van der Waals surface area contributed by atoms with Crippen molar-refractivity contribution in [3.05, 3.63) is 64.9 Å². The number of hydrogen-bond acceptors (Lipinski definition) is 5. The van der Waals surface area contributed by atoms with Gasteiger partial charge in [-0.15, -0.1) is 0 Å². The van der Waals surface area contributed by atoms with Crippen molar-refractivity contribution in [1.29, 1.82) is 0 Å². The number of likely N-dealkylation sites (tertiary alicyclic amines) is 1. The molecule has 2 aliphatic heterocycles. The Bertz CT molecular complexity index is 1200. The van der Waals surface area contributed by atoms with E-state index < -0.39 is 0 Å². The molecule has 5 rings (SSSR count). The third-order valence-corrected chi connectivity index (χ3v) is 6.67. The fourth-order valence-corrected chi connectivity index (χ4v) is 4.87. The first-order valence-corrected chi connectivity index (χ1v) is 11.6. The molecule has 1 atom stereocenters. The van der Waals surface area contributed by atoms with Gasteiger partial charge in [0.15, 0.2) is 0 Å². The molecule has 0 bridgehead atoms. The zero-order valence-electron chi connectivity index (χ0n) is 19.5. The number of urea groups is 1. The second-order valence-electron chi connectivity index (χ2n) is 8.98. The molecule has 0 saturated carbocycles. The number of aromatic nitrogens is 3. The van der Waals surface area contributed by atoms with E-state index in [9.17, 15) is 9.18 Å². The van der Waals surface area contributed by atoms with Gasteiger partial charge in [-0.3, -0.25) is 15.0 Å². The minimum atomic E-state index is -0.267. The van der Waals surface area contributed by atoms with Crippen molar-refractivity contribution < 1.29 is 13.9 Å². The molecule has 2 N–H and O–H groups in total. The number of rotatable bonds is 5. The number of nitrogens with zero attached hydrogens (tertiary/aromatic N) is 4. The van der Waals surface area contributed by atoms with E-state index in [0.29, 0.717) is 37.5 Å². The lowest BCUT2D eigenvalue weighted by Gasteiger charge is -2.29. The molecule has 8 nitrogen and oxygen atoms in total. The van der Waals surface area contributed by atoms with Crippen LogP contribution in [-0.2, 0) is 19.5 Å². The Hall–Kier alpha value is -3.46. The first kappa shape index (κ1) is 22.3. The first-order chi connectivity index (χ1) is 16.5. The van der Waals surface area contributed by atoms with Gasteiger partial charge in [-0.25, -0.2) is 9.18 Å². The fraction of sp³-hybridized carbons (Fsp3) is 0.400. The number of benzene rings is 1. The Morgan fingerprint density at radius 2 is 2.21 bits per heavy atom. The summed E-state index contributed by atoms with van der Waals surface area (Å²) in [7, 11) is 1.55. The van der Waals surface area contributed by atoms with Gasteiger partial charge in [0.2, 0.25) is 0 Å². The number of fused-ring (bicyclic) bond motifs is 1. The summed E-state index contributed by atoms with van der Waals surface area (Å²) in [5.74, 6) is 0.285. The van der Waals surface area contributed by atoms with Crippen molar-refractivity contribution in [2.45, 2.75) is 38.9 Å². The molecule has 1 fully saturated rings. The molecular weight excluding hydrogens is 435 g/mol. The molecule has 1 aromatic carbocycles. The van der Waals surface area contributed by atoms with E-state index in [2.05, 4.69) is 25.4 Å². The molecule has 9 heteroatoms. The number of H-pyrrole nitrogens is 1. The van der Waals surface area contributed by atoms with Crippen LogP contribution in [0.5, 0.6) is 5.75 Å². The summed E-state index contributed by atoms with van der Waals surface area (Å²) in [4.78, 5) is 21.3. The minimum Gasteiger partial charge on any atom is -0.496 e. The van der Waals surface area contributed by atoms with Gasteiger partial charge < -0.3 is 15.0 Å². The van der Waals surface area contributed by atoms with Crippen molar-refractivity contribution >= 4 is 6.03 Å². The van der Waals surface area contributed by atoms with E-state index in [0.717, 1.165) is 47.6 Å². The second-order valence-corrected chi connectivity index (χ2v) is 8.98. The number of methoxy groups -OCH3 is 1. The van der Waals surface area contributed by atoms with Gasteiger partial charge >= 0.3 is 6.03 Å². The van der Waals surface area contributed by atoms with Crippen molar-refractivity contribution in [2.24, 2.45) is 0 Å². The molecular formula is C25H29FN6O2. The standard InChI is InChI=1S/C25H29FN6O2/c1-16-12-17(6-9-27-16)24-20-15-32(11-8-22(20)29-30-24)25(33)28-18-7-10-31(13-18)14-19-21(26)4-3-5-23(19)34-2/h3-6,9,12,18H,7-8,10-11,13-15H2,1-2H3,(H,28,33)(H,29,30)/t18-/m1/s1. The van der Waals surface area contributed by atoms with Crippen LogP contribution in [0.3, 0.4) is 0 Å². The number of carbonyl (C=O) groups is 1. The third-order valence-electron chi connectivity index (χ3n) is 6.67. The van der Waals surface area contributed by atoms with Crippen LogP contribution in [0.2, 0.25) is 0 Å². The van der Waals surface area contributed by atoms with Crippen LogP contribution in [0.25, 0.3) is 11.3 Å². The first-order valence-electron chi connectivity index (χ1n) is 11.6. The molecule has 0 aliphatic carbocycles. The number of aryl methyl sites for hydroxylation is 1. The van der Waals surface area contributed by atoms with E-state index in [1.807, 2.05) is 24.0 Å². The predicted octanol–water partition coefficient (Wildman–Crippen LogP) is 3.27. The van der Waals surface area contributed by atoms with Crippen LogP contribution in [0.4, 0.5) is 9.18 Å². The molecule has 34 heavy (non-hydrogen) atoms. The van der Waals surface area contributed by atoms with E-state index >= 15 is 0 Å². The number of pyridine rings is 1. The van der Waals surface area contributed by atoms with Crippen molar-refractivity contribution in [3.63, 3.8) is 0 Å². The summed E-state index contributed by atoms with van der Waals surface area (Å²) in [5.41, 5.74) is 5.51. The topological polar surface area (TPSA) is 86.4 Å². The molecule has 1 saturated heterocycles. The van der Waals surface area contributed by atoms with Gasteiger partial charge in [0, 0.05) is 72.9 Å². The van der Waals surface area contributed by atoms with Crippen LogP contribution in [0, 0.1) is 12.7 Å². The number of amides is 2. The van der Waals surface area contributed by atoms with Crippen LogP contribution in [-0.4, -0.2) is 63.8 Å². The summed E-state index contributed by atoms with van der Waals surface area (Å²) in [6.45, 7) is 5.03. The quantitative estimate of drug-likeness (QED) is 0.605. The molecule has 2 amide bonds. The van der Waals surface area contributed by atoms with E-state index in [-0.39, 0.29) is 17.9 Å². The third kappa shape index (κ3) is 4.48. The van der Waals surface area contributed by atoms with E-state index in [1.54, 1.807) is 25.4 Å². The summed E-state index contributed by atoms with van der Waals surface area (Å²) < 4.78 is 19.6. The van der Waals surface area contributed by atoms with Crippen molar-refractivity contribution in [3.8, 4) is 17.0 Å². The molecule has 0 spiro atoms. The molecule has 3 aromatic rings. The molecule has 178 valence electrons. The molecule has 0 radical (unpaired) electrons. The Labute approximate surface area is 198 Å². The predicted molar refractivity (Wildman–Crippen MR) is 126 cm³/mol. The van der Waals surface area contributed by atoms with Crippen LogP contribution < -0.4 is 10.1 Å². The zero-order chi connectivity index (χ0) is 23.7. The average molecular weight is 465 g/mol. The van der Waals surface area contributed by atoms with Gasteiger partial charge in [0.05, 0.1) is 19.3 Å². The molecule has 2 aromatic heterocycles. The van der Waals surface area contributed by atoms with Crippen LogP contribution in [0.15, 0.2) is 36.5 Å². The number of nitrogens with one attached hydrogen (secondary N) is 2. The van der Waals surface area contributed by atoms with Crippen molar-refractivity contribution in [1.82, 2.24) is 30.3 Å². The monoisotopic (exact) mass is 464 g/mol. The lowest BCUT2D eigenvalue weighted by atomic mass is 10.0. The highest BCUT2D eigenvalue weighted by Gasteiger charge is 2.30. The lowest BCUT2D eigenvalue weighted by Crippen LogP contribution is -2.47. The molecule has 4 heterocycles. The van der Waals surface area contributed by atoms with Crippen LogP contribution in [0.1, 0.15) is 28.9 Å². The minimum absolute atomic E-state index is 0.0262. The summed E-state index contributed by atoms with van der Waals surface area (Å²) in [5, 5.41) is 10.8. The molecule has 2 aliphatic rings. The Balaban J connectivity index is 1.21. The average Bonchev–Trinajstić information content (AvgIpc) is 3.46. The highest BCUT2D eigenvalue weighted by Crippen LogP contribution is 2.29. The largest absolute Gasteiger partial charge is 0.496 e. The van der Waals surface area contributed by atoms with Gasteiger partial charge in [-0.05, 0) is 37.6 Å². The summed E-state index contributed by atoms with van der Waals surface area (Å²) in [6.07, 6.45) is 3.35. The Morgan fingerprint density at radius 1 is 1.32 bits per heavy atom. The summed E-state index contributed by atoms with van der Waals surface area (Å²) in [6, 6.07) is 8.78. The summed E-state index contributed by atoms with van der Waals surface area (Å²) >= 11 is 0. The maximum atomic E-state index is 14.3. The number of halogens is 1. The number of aromatic amines is 1. The van der Waals surface area contributed by atoms with E-state index in [1.165, 1.54) is 6.07 Å². The SMILES string of the molecule is COc1cccc(F)c1CN1CC[C@@H](NC(=O)N2CCc3[nH]nc(-c4ccnc(C)c4)c3C2)C1.